The van der Waals surface area contributed by atoms with Gasteiger partial charge in [0.15, 0.2) is 0 Å². The number of aliphatic carboxylic acids is 1. The molecule has 0 fully saturated rings. The molecule has 1 aromatic carbocycles. The Morgan fingerprint density at radius 2 is 2.12 bits per heavy atom. The maximum absolute atomic E-state index is 10.7. The van der Waals surface area contributed by atoms with Crippen LogP contribution in [0.1, 0.15) is 11.1 Å². The maximum Gasteiger partial charge on any atom is 0.320 e. The Balaban J connectivity index is 2.99. The molecular weight excluding hydrogens is 204 g/mol. The standard InChI is InChI=1S/C12H18N2O2/c1-8-4-5-9(7-10(13)12(15)16)11(6-8)14(2)3/h4-6,10H,7,13H2,1-3H3,(H,15,16). The van der Waals surface area contributed by atoms with E-state index in [9.17, 15) is 4.79 Å². The minimum atomic E-state index is -0.967. The average molecular weight is 222 g/mol. The monoisotopic (exact) mass is 222 g/mol. The van der Waals surface area contributed by atoms with Crippen LogP contribution in [0.25, 0.3) is 0 Å². The molecule has 4 nitrogen and oxygen atoms in total. The second-order valence-electron chi connectivity index (χ2n) is 4.18. The molecular formula is C12H18N2O2. The molecule has 16 heavy (non-hydrogen) atoms. The highest BCUT2D eigenvalue weighted by molar-refractivity contribution is 5.74. The van der Waals surface area contributed by atoms with Gasteiger partial charge in [0.25, 0.3) is 0 Å². The summed E-state index contributed by atoms with van der Waals surface area (Å²) in [7, 11) is 3.87. The van der Waals surface area contributed by atoms with Crippen LogP contribution in [0.5, 0.6) is 0 Å². The van der Waals surface area contributed by atoms with E-state index >= 15 is 0 Å². The first-order valence-electron chi connectivity index (χ1n) is 5.17. The van der Waals surface area contributed by atoms with Gasteiger partial charge in [-0.1, -0.05) is 12.1 Å². The van der Waals surface area contributed by atoms with Gasteiger partial charge in [-0.25, -0.2) is 0 Å². The minimum absolute atomic E-state index is 0.350. The molecule has 4 heteroatoms. The largest absolute Gasteiger partial charge is 0.480 e. The number of anilines is 1. The zero-order valence-electron chi connectivity index (χ0n) is 9.90. The third-order valence-corrected chi connectivity index (χ3v) is 2.48. The minimum Gasteiger partial charge on any atom is -0.480 e. The summed E-state index contributed by atoms with van der Waals surface area (Å²) in [6, 6.07) is 5.09. The fourth-order valence-corrected chi connectivity index (χ4v) is 1.59. The molecule has 1 rings (SSSR count). The fourth-order valence-electron chi connectivity index (χ4n) is 1.59. The van der Waals surface area contributed by atoms with E-state index in [1.807, 2.05) is 44.1 Å². The van der Waals surface area contributed by atoms with Gasteiger partial charge in [0.05, 0.1) is 0 Å². The van der Waals surface area contributed by atoms with Gasteiger partial charge < -0.3 is 15.7 Å². The van der Waals surface area contributed by atoms with Crippen molar-refractivity contribution in [3.05, 3.63) is 29.3 Å². The number of aryl methyl sites for hydroxylation is 1. The number of carboxylic acids is 1. The van der Waals surface area contributed by atoms with Crippen molar-refractivity contribution in [1.29, 1.82) is 0 Å². The summed E-state index contributed by atoms with van der Waals surface area (Å²) in [5.41, 5.74) is 8.68. The SMILES string of the molecule is Cc1ccc(CC(N)C(=O)O)c(N(C)C)c1. The summed E-state index contributed by atoms with van der Waals surface area (Å²) < 4.78 is 0. The highest BCUT2D eigenvalue weighted by atomic mass is 16.4. The number of hydrogen-bond acceptors (Lipinski definition) is 3. The molecule has 3 N–H and O–H groups in total. The zero-order chi connectivity index (χ0) is 12.3. The summed E-state index contributed by atoms with van der Waals surface area (Å²) in [4.78, 5) is 12.7. The zero-order valence-corrected chi connectivity index (χ0v) is 9.90. The Labute approximate surface area is 95.7 Å². The maximum atomic E-state index is 10.7. The van der Waals surface area contributed by atoms with Crippen molar-refractivity contribution >= 4 is 11.7 Å². The second kappa shape index (κ2) is 4.99. The van der Waals surface area contributed by atoms with Crippen molar-refractivity contribution in [2.45, 2.75) is 19.4 Å². The Kier molecular flexibility index (Phi) is 3.90. The van der Waals surface area contributed by atoms with Crippen LogP contribution in [-0.4, -0.2) is 31.2 Å². The Morgan fingerprint density at radius 3 is 2.62 bits per heavy atom. The molecule has 0 saturated heterocycles. The van der Waals surface area contributed by atoms with Gasteiger partial charge in [-0.05, 0) is 24.1 Å². The van der Waals surface area contributed by atoms with Crippen LogP contribution < -0.4 is 10.6 Å². The molecule has 0 bridgehead atoms. The molecule has 0 amide bonds. The Hall–Kier alpha value is -1.55. The molecule has 88 valence electrons. The number of nitrogens with two attached hydrogens (primary N) is 1. The molecule has 0 aliphatic carbocycles. The summed E-state index contributed by atoms with van der Waals surface area (Å²) >= 11 is 0. The van der Waals surface area contributed by atoms with Gasteiger partial charge >= 0.3 is 5.97 Å². The molecule has 0 heterocycles. The van der Waals surface area contributed by atoms with E-state index in [-0.39, 0.29) is 0 Å². The predicted octanol–water partition coefficient (Wildman–Crippen LogP) is 1.02. The lowest BCUT2D eigenvalue weighted by molar-refractivity contribution is -0.138. The molecule has 0 saturated carbocycles. The summed E-state index contributed by atoms with van der Waals surface area (Å²) in [5, 5.41) is 8.79. The number of carbonyl (C=O) groups is 1. The lowest BCUT2D eigenvalue weighted by Crippen LogP contribution is -2.32. The quantitative estimate of drug-likeness (QED) is 0.798. The fraction of sp³-hybridized carbons (Fsp3) is 0.417. The molecule has 1 aromatic rings. The molecule has 0 radical (unpaired) electrons. The van der Waals surface area contributed by atoms with Gasteiger partial charge in [-0.3, -0.25) is 4.79 Å². The summed E-state index contributed by atoms with van der Waals surface area (Å²) in [5.74, 6) is -0.967. The second-order valence-corrected chi connectivity index (χ2v) is 4.18. The van der Waals surface area contributed by atoms with Crippen molar-refractivity contribution in [3.63, 3.8) is 0 Å². The van der Waals surface area contributed by atoms with E-state index in [4.69, 9.17) is 10.8 Å². The third-order valence-electron chi connectivity index (χ3n) is 2.48. The van der Waals surface area contributed by atoms with Crippen molar-refractivity contribution < 1.29 is 9.90 Å². The van der Waals surface area contributed by atoms with Gasteiger partial charge in [0.1, 0.15) is 6.04 Å². The van der Waals surface area contributed by atoms with E-state index in [1.54, 1.807) is 0 Å². The smallest absolute Gasteiger partial charge is 0.320 e. The highest BCUT2D eigenvalue weighted by Gasteiger charge is 2.15. The van der Waals surface area contributed by atoms with Gasteiger partial charge in [0.2, 0.25) is 0 Å². The van der Waals surface area contributed by atoms with Crippen LogP contribution in [0.2, 0.25) is 0 Å². The predicted molar refractivity (Wildman–Crippen MR) is 64.8 cm³/mol. The van der Waals surface area contributed by atoms with Crippen LogP contribution in [0.4, 0.5) is 5.69 Å². The normalized spacial score (nSPS) is 12.2. The first kappa shape index (κ1) is 12.5. The number of nitrogens with zero attached hydrogens (tertiary/aromatic N) is 1. The van der Waals surface area contributed by atoms with Crippen LogP contribution in [-0.2, 0) is 11.2 Å². The first-order chi connectivity index (χ1) is 7.41. The number of benzene rings is 1. The Morgan fingerprint density at radius 1 is 1.50 bits per heavy atom. The van der Waals surface area contributed by atoms with Crippen molar-refractivity contribution in [2.24, 2.45) is 5.73 Å². The van der Waals surface area contributed by atoms with Crippen molar-refractivity contribution in [1.82, 2.24) is 0 Å². The highest BCUT2D eigenvalue weighted by Crippen LogP contribution is 2.21. The molecule has 1 atom stereocenters. The van der Waals surface area contributed by atoms with Crippen LogP contribution >= 0.6 is 0 Å². The third kappa shape index (κ3) is 2.97. The lowest BCUT2D eigenvalue weighted by atomic mass is 10.0. The van der Waals surface area contributed by atoms with E-state index in [0.29, 0.717) is 6.42 Å². The van der Waals surface area contributed by atoms with Crippen LogP contribution in [0.15, 0.2) is 18.2 Å². The van der Waals surface area contributed by atoms with Gasteiger partial charge in [0, 0.05) is 26.2 Å². The van der Waals surface area contributed by atoms with E-state index in [0.717, 1.165) is 16.8 Å². The molecule has 0 aromatic heterocycles. The van der Waals surface area contributed by atoms with Crippen molar-refractivity contribution in [3.8, 4) is 0 Å². The number of hydrogen-bond donors (Lipinski definition) is 2. The summed E-state index contributed by atoms with van der Waals surface area (Å²) in [6.07, 6.45) is 0.350. The van der Waals surface area contributed by atoms with E-state index < -0.39 is 12.0 Å². The van der Waals surface area contributed by atoms with Crippen molar-refractivity contribution in [2.75, 3.05) is 19.0 Å². The molecule has 1 unspecified atom stereocenters. The molecule has 0 aliphatic rings. The number of carboxylic acid groups (broad SMARTS) is 1. The van der Waals surface area contributed by atoms with Gasteiger partial charge in [-0.2, -0.15) is 0 Å². The van der Waals surface area contributed by atoms with Gasteiger partial charge in [-0.15, -0.1) is 0 Å². The van der Waals surface area contributed by atoms with Crippen LogP contribution in [0.3, 0.4) is 0 Å². The number of rotatable bonds is 4. The first-order valence-corrected chi connectivity index (χ1v) is 5.17. The average Bonchev–Trinajstić information content (AvgIpc) is 2.20. The summed E-state index contributed by atoms with van der Waals surface area (Å²) in [6.45, 7) is 2.01. The van der Waals surface area contributed by atoms with E-state index in [2.05, 4.69) is 0 Å². The topological polar surface area (TPSA) is 66.6 Å². The molecule has 0 aliphatic heterocycles. The van der Waals surface area contributed by atoms with Crippen LogP contribution in [0, 0.1) is 6.92 Å². The van der Waals surface area contributed by atoms with E-state index in [1.165, 1.54) is 0 Å². The lowest BCUT2D eigenvalue weighted by Gasteiger charge is -2.19. The molecule has 0 spiro atoms. The Bertz CT molecular complexity index is 389.